The van der Waals surface area contributed by atoms with E-state index in [1.54, 1.807) is 53.4 Å². The van der Waals surface area contributed by atoms with Gasteiger partial charge in [-0.25, -0.2) is 0 Å². The number of hydrogen-bond donors (Lipinski definition) is 3. The number of carbonyl (C=O) groups excluding carboxylic acids is 3. The molecule has 0 fully saturated rings. The van der Waals surface area contributed by atoms with Crippen molar-refractivity contribution in [3.8, 4) is 0 Å². The maximum absolute atomic E-state index is 12.6. The van der Waals surface area contributed by atoms with Gasteiger partial charge in [-0.1, -0.05) is 24.3 Å². The van der Waals surface area contributed by atoms with E-state index in [1.807, 2.05) is 6.92 Å². The van der Waals surface area contributed by atoms with Crippen molar-refractivity contribution in [3.63, 3.8) is 0 Å². The Hall–Kier alpha value is -3.81. The summed E-state index contributed by atoms with van der Waals surface area (Å²) < 4.78 is 0. The van der Waals surface area contributed by atoms with Crippen LogP contribution in [0.5, 0.6) is 0 Å². The number of para-hydroxylation sites is 1. The van der Waals surface area contributed by atoms with Crippen molar-refractivity contribution in [2.75, 3.05) is 25.4 Å². The number of nitrogens with zero attached hydrogens (tertiary/aromatic N) is 2. The first-order valence-corrected chi connectivity index (χ1v) is 9.04. The second-order valence-corrected chi connectivity index (χ2v) is 6.11. The van der Waals surface area contributed by atoms with Crippen molar-refractivity contribution in [3.05, 3.63) is 65.2 Å². The monoisotopic (exact) mass is 393 g/mol. The van der Waals surface area contributed by atoms with Crippen molar-refractivity contribution >= 4 is 35.8 Å². The van der Waals surface area contributed by atoms with Gasteiger partial charge in [-0.3, -0.25) is 19.3 Å². The van der Waals surface area contributed by atoms with Gasteiger partial charge >= 0.3 is 0 Å². The van der Waals surface area contributed by atoms with E-state index in [1.165, 1.54) is 4.90 Å². The van der Waals surface area contributed by atoms with Gasteiger partial charge in [0.2, 0.25) is 0 Å². The van der Waals surface area contributed by atoms with Crippen molar-refractivity contribution in [2.24, 2.45) is 0 Å². The lowest BCUT2D eigenvalue weighted by atomic mass is 10.1. The zero-order chi connectivity index (χ0) is 21.4. The molecule has 4 N–H and O–H groups in total. The van der Waals surface area contributed by atoms with Crippen LogP contribution in [0.1, 0.15) is 38.0 Å². The third-order valence-electron chi connectivity index (χ3n) is 4.42. The van der Waals surface area contributed by atoms with Gasteiger partial charge in [0.25, 0.3) is 17.7 Å². The third-order valence-corrected chi connectivity index (χ3v) is 4.42. The van der Waals surface area contributed by atoms with Crippen LogP contribution in [0.4, 0.5) is 5.69 Å². The lowest BCUT2D eigenvalue weighted by Crippen LogP contribution is -2.41. The molecule has 2 aromatic carbocycles. The normalized spacial score (nSPS) is 12.0. The summed E-state index contributed by atoms with van der Waals surface area (Å²) in [5.74, 6) is -0.844. The van der Waals surface area contributed by atoms with E-state index >= 15 is 0 Å². The average Bonchev–Trinajstić information content (AvgIpc) is 2.99. The summed E-state index contributed by atoms with van der Waals surface area (Å²) in [6.07, 6.45) is 1.83. The molecule has 0 bridgehead atoms. The predicted molar refractivity (Wildman–Crippen MR) is 112 cm³/mol. The average molecular weight is 393 g/mol. The van der Waals surface area contributed by atoms with Crippen LogP contribution in [0.2, 0.25) is 0 Å². The van der Waals surface area contributed by atoms with Gasteiger partial charge in [0.15, 0.2) is 0 Å². The summed E-state index contributed by atoms with van der Waals surface area (Å²) >= 11 is 0. The molecule has 1 heterocycles. The maximum Gasteiger partial charge on any atom is 0.261 e. The molecule has 150 valence electrons. The van der Waals surface area contributed by atoms with Crippen molar-refractivity contribution in [1.29, 1.82) is 10.8 Å². The van der Waals surface area contributed by atoms with Crippen molar-refractivity contribution < 1.29 is 14.4 Å². The number of likely N-dealkylation sites (N-methyl/N-ethyl adjacent to an activating group) is 1. The molecule has 1 aliphatic heterocycles. The van der Waals surface area contributed by atoms with Crippen LogP contribution in [0.15, 0.2) is 48.5 Å². The zero-order valence-corrected chi connectivity index (χ0v) is 16.1. The highest BCUT2D eigenvalue weighted by molar-refractivity contribution is 6.21. The van der Waals surface area contributed by atoms with E-state index in [4.69, 9.17) is 16.6 Å². The first kappa shape index (κ1) is 21.5. The molecule has 0 aromatic heterocycles. The molecule has 0 radical (unpaired) electrons. The van der Waals surface area contributed by atoms with Gasteiger partial charge in [0.05, 0.1) is 16.7 Å². The molecule has 3 rings (SSSR count). The largest absolute Gasteiger partial charge is 0.398 e. The van der Waals surface area contributed by atoms with Crippen LogP contribution in [0.25, 0.3) is 0 Å². The van der Waals surface area contributed by atoms with Crippen LogP contribution >= 0.6 is 0 Å². The highest BCUT2D eigenvalue weighted by Gasteiger charge is 2.35. The SMILES string of the molecule is CCN(CCN1C(=O)c2ccccc2C1=O)C(=O)c1ccccc1N.N=CC=N. The molecule has 2 aromatic rings. The Kier molecular flexibility index (Phi) is 7.36. The Morgan fingerprint density at radius 1 is 1.00 bits per heavy atom. The van der Waals surface area contributed by atoms with Crippen LogP contribution in [-0.2, 0) is 0 Å². The number of nitrogens with two attached hydrogens (primary N) is 1. The number of nitrogens with one attached hydrogen (secondary N) is 2. The fourth-order valence-electron chi connectivity index (χ4n) is 2.93. The lowest BCUT2D eigenvalue weighted by molar-refractivity contribution is 0.0602. The number of hydrogen-bond acceptors (Lipinski definition) is 6. The van der Waals surface area contributed by atoms with Crippen LogP contribution < -0.4 is 5.73 Å². The van der Waals surface area contributed by atoms with Gasteiger partial charge in [-0.05, 0) is 31.2 Å². The summed E-state index contributed by atoms with van der Waals surface area (Å²) in [6, 6.07) is 13.6. The number of anilines is 1. The first-order valence-electron chi connectivity index (χ1n) is 9.04. The number of rotatable bonds is 6. The molecule has 8 heteroatoms. The molecular formula is C21H23N5O3. The number of imide groups is 1. The Balaban J connectivity index is 0.000000687. The predicted octanol–water partition coefficient (Wildman–Crippen LogP) is 2.31. The van der Waals surface area contributed by atoms with E-state index in [2.05, 4.69) is 0 Å². The van der Waals surface area contributed by atoms with Crippen molar-refractivity contribution in [2.45, 2.75) is 6.92 Å². The summed E-state index contributed by atoms with van der Waals surface area (Å²) in [7, 11) is 0. The Labute approximate surface area is 168 Å². The Morgan fingerprint density at radius 2 is 1.52 bits per heavy atom. The topological polar surface area (TPSA) is 131 Å². The number of nitrogen functional groups attached to an aromatic ring is 1. The first-order chi connectivity index (χ1) is 14.0. The molecule has 0 saturated carbocycles. The van der Waals surface area contributed by atoms with E-state index in [9.17, 15) is 14.4 Å². The van der Waals surface area contributed by atoms with Crippen molar-refractivity contribution in [1.82, 2.24) is 9.80 Å². The summed E-state index contributed by atoms with van der Waals surface area (Å²) in [4.78, 5) is 40.2. The van der Waals surface area contributed by atoms with E-state index in [0.717, 1.165) is 12.4 Å². The van der Waals surface area contributed by atoms with Crippen LogP contribution in [0, 0.1) is 10.8 Å². The molecule has 1 aliphatic rings. The molecule has 3 amide bonds. The molecule has 29 heavy (non-hydrogen) atoms. The fraction of sp³-hybridized carbons (Fsp3) is 0.190. The van der Waals surface area contributed by atoms with Gasteiger partial charge in [0.1, 0.15) is 0 Å². The second-order valence-electron chi connectivity index (χ2n) is 6.11. The Bertz CT molecular complexity index is 900. The molecular weight excluding hydrogens is 370 g/mol. The number of carbonyl (C=O) groups is 3. The van der Waals surface area contributed by atoms with E-state index < -0.39 is 0 Å². The lowest BCUT2D eigenvalue weighted by Gasteiger charge is -2.24. The minimum absolute atomic E-state index is 0.151. The summed E-state index contributed by atoms with van der Waals surface area (Å²) in [6.45, 7) is 2.71. The molecule has 0 saturated heterocycles. The van der Waals surface area contributed by atoms with E-state index in [0.29, 0.717) is 28.9 Å². The fourth-order valence-corrected chi connectivity index (χ4v) is 2.93. The molecule has 0 unspecified atom stereocenters. The standard InChI is InChI=1S/C19H19N3O3.C2H4N2/c1-2-21(17(23)15-9-5-6-10-16(15)20)11-12-22-18(24)13-7-3-4-8-14(13)19(22)25;3-1-2-4/h3-10H,2,11-12,20H2,1H3;1-4H. The Morgan fingerprint density at radius 3 is 2.00 bits per heavy atom. The number of fused-ring (bicyclic) bond motifs is 1. The zero-order valence-electron chi connectivity index (χ0n) is 16.1. The number of benzene rings is 2. The molecule has 8 nitrogen and oxygen atoms in total. The van der Waals surface area contributed by atoms with Gasteiger partial charge in [-0.15, -0.1) is 0 Å². The van der Waals surface area contributed by atoms with E-state index in [-0.39, 0.29) is 30.8 Å². The smallest absolute Gasteiger partial charge is 0.261 e. The second kappa shape index (κ2) is 9.93. The summed E-state index contributed by atoms with van der Waals surface area (Å²) in [5, 5.41) is 12.2. The van der Waals surface area contributed by atoms with Crippen LogP contribution in [-0.4, -0.2) is 59.6 Å². The minimum atomic E-state index is -0.316. The molecule has 0 aliphatic carbocycles. The third kappa shape index (κ3) is 4.73. The minimum Gasteiger partial charge on any atom is -0.398 e. The quantitative estimate of drug-likeness (QED) is 0.395. The van der Waals surface area contributed by atoms with Gasteiger partial charge < -0.3 is 21.5 Å². The molecule has 0 spiro atoms. The summed E-state index contributed by atoms with van der Waals surface area (Å²) in [5.41, 5.74) is 7.52. The highest BCUT2D eigenvalue weighted by Crippen LogP contribution is 2.22. The highest BCUT2D eigenvalue weighted by atomic mass is 16.2. The van der Waals surface area contributed by atoms with Gasteiger partial charge in [0, 0.05) is 37.8 Å². The maximum atomic E-state index is 12.6. The number of amides is 3. The van der Waals surface area contributed by atoms with Crippen LogP contribution in [0.3, 0.4) is 0 Å². The van der Waals surface area contributed by atoms with Gasteiger partial charge in [-0.2, -0.15) is 0 Å². The molecule has 0 atom stereocenters.